The number of nitrogens with zero attached hydrogens (tertiary/aromatic N) is 1. The van der Waals surface area contributed by atoms with Gasteiger partial charge in [-0.15, -0.1) is 11.3 Å². The molecule has 0 radical (unpaired) electrons. The first-order chi connectivity index (χ1) is 8.29. The zero-order chi connectivity index (χ0) is 12.1. The molecule has 2 rings (SSSR count). The molecular weight excluding hydrogens is 236 g/mol. The summed E-state index contributed by atoms with van der Waals surface area (Å²) in [6.45, 7) is 4.73. The van der Waals surface area contributed by atoms with E-state index in [1.54, 1.807) is 11.3 Å². The van der Waals surface area contributed by atoms with E-state index in [0.717, 1.165) is 6.42 Å². The van der Waals surface area contributed by atoms with Crippen LogP contribution in [0.5, 0.6) is 0 Å². The summed E-state index contributed by atoms with van der Waals surface area (Å²) in [6.07, 6.45) is 1.14. The van der Waals surface area contributed by atoms with Crippen molar-refractivity contribution < 1.29 is 9.53 Å². The third-order valence-electron chi connectivity index (χ3n) is 2.88. The van der Waals surface area contributed by atoms with Gasteiger partial charge in [-0.25, -0.2) is 4.79 Å². The zero-order valence-electron chi connectivity index (χ0n) is 10.0. The number of amides is 2. The summed E-state index contributed by atoms with van der Waals surface area (Å²) in [5, 5.41) is 4.96. The van der Waals surface area contributed by atoms with Crippen LogP contribution in [0.15, 0.2) is 17.5 Å². The van der Waals surface area contributed by atoms with Crippen LogP contribution in [0.2, 0.25) is 0 Å². The van der Waals surface area contributed by atoms with Crippen molar-refractivity contribution in [3.63, 3.8) is 0 Å². The molecule has 1 atom stereocenters. The molecule has 5 heteroatoms. The number of nitrogens with one attached hydrogen (secondary N) is 1. The van der Waals surface area contributed by atoms with E-state index in [0.29, 0.717) is 26.2 Å². The molecule has 0 spiro atoms. The van der Waals surface area contributed by atoms with Crippen molar-refractivity contribution in [3.8, 4) is 0 Å². The molecule has 1 aromatic heterocycles. The van der Waals surface area contributed by atoms with Gasteiger partial charge in [0.15, 0.2) is 0 Å². The van der Waals surface area contributed by atoms with Crippen molar-refractivity contribution >= 4 is 17.4 Å². The standard InChI is InChI=1S/C12H18N2O2S/c1-2-10-9-14(5-6-16-10)12(15)13-8-11-4-3-7-17-11/h3-4,7,10H,2,5-6,8-9H2,1H3,(H,13,15). The molecule has 1 aliphatic rings. The van der Waals surface area contributed by atoms with Crippen LogP contribution >= 0.6 is 11.3 Å². The minimum absolute atomic E-state index is 0.0140. The maximum Gasteiger partial charge on any atom is 0.317 e. The predicted octanol–water partition coefficient (Wildman–Crippen LogP) is 2.07. The van der Waals surface area contributed by atoms with Crippen molar-refractivity contribution in [3.05, 3.63) is 22.4 Å². The van der Waals surface area contributed by atoms with Crippen LogP contribution in [0.1, 0.15) is 18.2 Å². The second-order valence-corrected chi connectivity index (χ2v) is 5.12. The van der Waals surface area contributed by atoms with Gasteiger partial charge in [0, 0.05) is 18.0 Å². The highest BCUT2D eigenvalue weighted by Gasteiger charge is 2.22. The number of carbonyl (C=O) groups excluding carboxylic acids is 1. The van der Waals surface area contributed by atoms with Crippen LogP contribution in [0.4, 0.5) is 4.79 Å². The molecule has 4 nitrogen and oxygen atoms in total. The van der Waals surface area contributed by atoms with E-state index in [1.165, 1.54) is 4.88 Å². The summed E-state index contributed by atoms with van der Waals surface area (Å²) in [7, 11) is 0. The fourth-order valence-corrected chi connectivity index (χ4v) is 2.48. The monoisotopic (exact) mass is 254 g/mol. The van der Waals surface area contributed by atoms with E-state index in [1.807, 2.05) is 22.4 Å². The first kappa shape index (κ1) is 12.4. The van der Waals surface area contributed by atoms with Gasteiger partial charge in [-0.05, 0) is 17.9 Å². The minimum Gasteiger partial charge on any atom is -0.375 e. The van der Waals surface area contributed by atoms with Gasteiger partial charge in [0.1, 0.15) is 0 Å². The average Bonchev–Trinajstić information content (AvgIpc) is 2.89. The third-order valence-corrected chi connectivity index (χ3v) is 3.75. The fourth-order valence-electron chi connectivity index (χ4n) is 1.84. The van der Waals surface area contributed by atoms with Gasteiger partial charge in [-0.3, -0.25) is 0 Å². The van der Waals surface area contributed by atoms with Gasteiger partial charge in [0.05, 0.1) is 19.3 Å². The van der Waals surface area contributed by atoms with Gasteiger partial charge >= 0.3 is 6.03 Å². The highest BCUT2D eigenvalue weighted by molar-refractivity contribution is 7.09. The van der Waals surface area contributed by atoms with Crippen LogP contribution < -0.4 is 5.32 Å². The molecular formula is C12H18N2O2S. The fraction of sp³-hybridized carbons (Fsp3) is 0.583. The molecule has 1 N–H and O–H groups in total. The molecule has 0 aliphatic carbocycles. The molecule has 94 valence electrons. The molecule has 1 unspecified atom stereocenters. The van der Waals surface area contributed by atoms with E-state index in [2.05, 4.69) is 12.2 Å². The topological polar surface area (TPSA) is 41.6 Å². The quantitative estimate of drug-likeness (QED) is 0.897. The molecule has 0 bridgehead atoms. The summed E-state index contributed by atoms with van der Waals surface area (Å²) in [5.41, 5.74) is 0. The van der Waals surface area contributed by atoms with E-state index in [4.69, 9.17) is 4.74 Å². The first-order valence-electron chi connectivity index (χ1n) is 5.96. The number of ether oxygens (including phenoxy) is 1. The van der Waals surface area contributed by atoms with Gasteiger partial charge in [-0.1, -0.05) is 13.0 Å². The Bertz CT molecular complexity index is 353. The average molecular weight is 254 g/mol. The summed E-state index contributed by atoms with van der Waals surface area (Å²) in [6, 6.07) is 4.03. The molecule has 2 heterocycles. The van der Waals surface area contributed by atoms with Crippen molar-refractivity contribution in [1.82, 2.24) is 10.2 Å². The Balaban J connectivity index is 1.79. The number of hydrogen-bond acceptors (Lipinski definition) is 3. The van der Waals surface area contributed by atoms with Gasteiger partial charge in [0.25, 0.3) is 0 Å². The largest absolute Gasteiger partial charge is 0.375 e. The Labute approximate surface area is 106 Å². The normalized spacial score (nSPS) is 20.3. The Hall–Kier alpha value is -1.07. The van der Waals surface area contributed by atoms with Gasteiger partial charge in [0.2, 0.25) is 0 Å². The van der Waals surface area contributed by atoms with Crippen LogP contribution in [0, 0.1) is 0 Å². The van der Waals surface area contributed by atoms with E-state index < -0.39 is 0 Å². The third kappa shape index (κ3) is 3.44. The summed E-state index contributed by atoms with van der Waals surface area (Å²) in [5.74, 6) is 0. The van der Waals surface area contributed by atoms with E-state index >= 15 is 0 Å². The number of carbonyl (C=O) groups is 1. The lowest BCUT2D eigenvalue weighted by atomic mass is 10.2. The first-order valence-corrected chi connectivity index (χ1v) is 6.84. The summed E-state index contributed by atoms with van der Waals surface area (Å²) >= 11 is 1.66. The van der Waals surface area contributed by atoms with E-state index in [9.17, 15) is 4.79 Å². The van der Waals surface area contributed by atoms with Crippen molar-refractivity contribution in [2.45, 2.75) is 26.0 Å². The lowest BCUT2D eigenvalue weighted by Gasteiger charge is -2.32. The molecule has 1 saturated heterocycles. The SMILES string of the molecule is CCC1CN(C(=O)NCc2cccs2)CCO1. The molecule has 0 aromatic carbocycles. The van der Waals surface area contributed by atoms with Gasteiger partial charge < -0.3 is 15.0 Å². The van der Waals surface area contributed by atoms with Crippen molar-refractivity contribution in [1.29, 1.82) is 0 Å². The number of morpholine rings is 1. The maximum absolute atomic E-state index is 11.9. The summed E-state index contributed by atoms with van der Waals surface area (Å²) < 4.78 is 5.54. The predicted molar refractivity (Wildman–Crippen MR) is 68.2 cm³/mol. The highest BCUT2D eigenvalue weighted by atomic mass is 32.1. The lowest BCUT2D eigenvalue weighted by molar-refractivity contribution is -0.0154. The van der Waals surface area contributed by atoms with Crippen LogP contribution in [-0.4, -0.2) is 36.7 Å². The smallest absolute Gasteiger partial charge is 0.317 e. The highest BCUT2D eigenvalue weighted by Crippen LogP contribution is 2.10. The van der Waals surface area contributed by atoms with Crippen LogP contribution in [-0.2, 0) is 11.3 Å². The second-order valence-electron chi connectivity index (χ2n) is 4.09. The minimum atomic E-state index is 0.0140. The number of hydrogen-bond donors (Lipinski definition) is 1. The molecule has 1 aliphatic heterocycles. The van der Waals surface area contributed by atoms with Crippen LogP contribution in [0.3, 0.4) is 0 Å². The number of urea groups is 1. The molecule has 0 saturated carbocycles. The summed E-state index contributed by atoms with van der Waals surface area (Å²) in [4.78, 5) is 14.9. The molecule has 1 aromatic rings. The Morgan fingerprint density at radius 3 is 3.29 bits per heavy atom. The molecule has 1 fully saturated rings. The van der Waals surface area contributed by atoms with Crippen molar-refractivity contribution in [2.24, 2.45) is 0 Å². The van der Waals surface area contributed by atoms with Crippen molar-refractivity contribution in [2.75, 3.05) is 19.7 Å². The van der Waals surface area contributed by atoms with E-state index in [-0.39, 0.29) is 12.1 Å². The maximum atomic E-state index is 11.9. The lowest BCUT2D eigenvalue weighted by Crippen LogP contribution is -2.49. The molecule has 2 amide bonds. The van der Waals surface area contributed by atoms with Crippen LogP contribution in [0.25, 0.3) is 0 Å². The Morgan fingerprint density at radius 2 is 2.59 bits per heavy atom. The number of rotatable bonds is 3. The number of thiophene rings is 1. The Morgan fingerprint density at radius 1 is 1.71 bits per heavy atom. The van der Waals surface area contributed by atoms with Gasteiger partial charge in [-0.2, -0.15) is 0 Å². The molecule has 17 heavy (non-hydrogen) atoms. The second kappa shape index (κ2) is 6.02. The zero-order valence-corrected chi connectivity index (χ0v) is 10.8. The Kier molecular flexibility index (Phi) is 4.39.